The molecule has 1 fully saturated rings. The minimum atomic E-state index is 0.178. The molecule has 1 aromatic heterocycles. The molecule has 1 aliphatic rings. The van der Waals surface area contributed by atoms with Gasteiger partial charge in [0.2, 0.25) is 0 Å². The molecular weight excluding hydrogens is 264 g/mol. The predicted molar refractivity (Wildman–Crippen MR) is 89.6 cm³/mol. The lowest BCUT2D eigenvalue weighted by Crippen LogP contribution is -2.52. The second-order valence-corrected chi connectivity index (χ2v) is 7.81. The normalized spacial score (nSPS) is 19.8. The summed E-state index contributed by atoms with van der Waals surface area (Å²) in [7, 11) is 0. The van der Waals surface area contributed by atoms with E-state index in [4.69, 9.17) is 0 Å². The summed E-state index contributed by atoms with van der Waals surface area (Å²) < 4.78 is 0. The summed E-state index contributed by atoms with van der Waals surface area (Å²) in [6.45, 7) is 12.8. The van der Waals surface area contributed by atoms with Crippen LogP contribution >= 0.6 is 11.3 Å². The fourth-order valence-corrected chi connectivity index (χ4v) is 4.47. The molecule has 1 aliphatic heterocycles. The van der Waals surface area contributed by atoms with E-state index >= 15 is 0 Å². The topological polar surface area (TPSA) is 15.3 Å². The lowest BCUT2D eigenvalue weighted by Gasteiger charge is -2.44. The van der Waals surface area contributed by atoms with E-state index in [0.29, 0.717) is 6.04 Å². The largest absolute Gasteiger partial charge is 0.308 e. The number of thiophene rings is 1. The van der Waals surface area contributed by atoms with Crippen molar-refractivity contribution in [2.24, 2.45) is 0 Å². The second-order valence-electron chi connectivity index (χ2n) is 6.49. The molecule has 0 aromatic carbocycles. The van der Waals surface area contributed by atoms with Crippen molar-refractivity contribution >= 4 is 11.3 Å². The van der Waals surface area contributed by atoms with Gasteiger partial charge in [-0.2, -0.15) is 0 Å². The number of likely N-dealkylation sites (N-methyl/N-ethyl adjacent to an activating group) is 1. The van der Waals surface area contributed by atoms with Crippen LogP contribution in [0.4, 0.5) is 0 Å². The Balaban J connectivity index is 2.21. The standard InChI is InChI=1S/C17H30N2S/c1-5-18-16(15-11-10-14(2)20-15)17(3,4)19-12-8-6-7-9-13-19/h10-11,16,18H,5-9,12-13H2,1-4H3. The summed E-state index contributed by atoms with van der Waals surface area (Å²) in [6, 6.07) is 5.00. The summed E-state index contributed by atoms with van der Waals surface area (Å²) >= 11 is 1.94. The van der Waals surface area contributed by atoms with E-state index in [9.17, 15) is 0 Å². The predicted octanol–water partition coefficient (Wildman–Crippen LogP) is 4.36. The van der Waals surface area contributed by atoms with Crippen LogP contribution in [0, 0.1) is 6.92 Å². The Kier molecular flexibility index (Phi) is 5.65. The van der Waals surface area contributed by atoms with Gasteiger partial charge in [-0.05, 0) is 65.4 Å². The molecule has 0 spiro atoms. The Morgan fingerprint density at radius 2 is 1.85 bits per heavy atom. The van der Waals surface area contributed by atoms with E-state index in [0.717, 1.165) is 6.54 Å². The van der Waals surface area contributed by atoms with Crippen LogP contribution in [0.25, 0.3) is 0 Å². The van der Waals surface area contributed by atoms with Crippen LogP contribution in [0.3, 0.4) is 0 Å². The fourth-order valence-electron chi connectivity index (χ4n) is 3.34. The second kappa shape index (κ2) is 7.06. The van der Waals surface area contributed by atoms with Gasteiger partial charge < -0.3 is 5.32 Å². The number of likely N-dealkylation sites (tertiary alicyclic amines) is 1. The number of aryl methyl sites for hydroxylation is 1. The highest BCUT2D eigenvalue weighted by Crippen LogP contribution is 2.35. The zero-order valence-electron chi connectivity index (χ0n) is 13.5. The maximum atomic E-state index is 3.74. The molecule has 0 aliphatic carbocycles. The molecule has 20 heavy (non-hydrogen) atoms. The molecule has 0 bridgehead atoms. The molecule has 0 amide bonds. The van der Waals surface area contributed by atoms with Crippen LogP contribution in [0.1, 0.15) is 62.3 Å². The number of nitrogens with one attached hydrogen (secondary N) is 1. The molecule has 1 aromatic rings. The van der Waals surface area contributed by atoms with Crippen LogP contribution in [-0.4, -0.2) is 30.1 Å². The first-order chi connectivity index (χ1) is 9.55. The quantitative estimate of drug-likeness (QED) is 0.868. The van der Waals surface area contributed by atoms with Gasteiger partial charge in [0, 0.05) is 15.3 Å². The van der Waals surface area contributed by atoms with Gasteiger partial charge in [-0.3, -0.25) is 4.90 Å². The first-order valence-corrected chi connectivity index (χ1v) is 8.92. The molecule has 3 heteroatoms. The van der Waals surface area contributed by atoms with Crippen molar-refractivity contribution in [3.63, 3.8) is 0 Å². The van der Waals surface area contributed by atoms with Gasteiger partial charge in [-0.25, -0.2) is 0 Å². The molecule has 1 saturated heterocycles. The summed E-state index contributed by atoms with van der Waals surface area (Å²) in [6.07, 6.45) is 5.50. The molecular formula is C17H30N2S. The Morgan fingerprint density at radius 1 is 1.20 bits per heavy atom. The maximum Gasteiger partial charge on any atom is 0.0596 e. The van der Waals surface area contributed by atoms with Crippen molar-refractivity contribution in [2.45, 2.75) is 65.0 Å². The third-order valence-corrected chi connectivity index (χ3v) is 5.65. The molecule has 1 atom stereocenters. The molecule has 0 radical (unpaired) electrons. The van der Waals surface area contributed by atoms with Crippen LogP contribution in [0.15, 0.2) is 12.1 Å². The molecule has 2 rings (SSSR count). The van der Waals surface area contributed by atoms with Crippen LogP contribution in [0.2, 0.25) is 0 Å². The average molecular weight is 295 g/mol. The SMILES string of the molecule is CCNC(c1ccc(C)s1)C(C)(C)N1CCCCCC1. The highest BCUT2D eigenvalue weighted by molar-refractivity contribution is 7.12. The molecule has 1 N–H and O–H groups in total. The summed E-state index contributed by atoms with van der Waals surface area (Å²) in [4.78, 5) is 5.61. The molecule has 2 nitrogen and oxygen atoms in total. The zero-order valence-corrected chi connectivity index (χ0v) is 14.4. The number of hydrogen-bond acceptors (Lipinski definition) is 3. The van der Waals surface area contributed by atoms with Gasteiger partial charge in [0.15, 0.2) is 0 Å². The van der Waals surface area contributed by atoms with E-state index < -0.39 is 0 Å². The third-order valence-electron chi connectivity index (χ3n) is 4.58. The van der Waals surface area contributed by atoms with Gasteiger partial charge in [0.1, 0.15) is 0 Å². The molecule has 1 unspecified atom stereocenters. The van der Waals surface area contributed by atoms with Gasteiger partial charge in [0.25, 0.3) is 0 Å². The third kappa shape index (κ3) is 3.63. The van der Waals surface area contributed by atoms with E-state index in [-0.39, 0.29) is 5.54 Å². The van der Waals surface area contributed by atoms with Gasteiger partial charge in [0.05, 0.1) is 6.04 Å². The Morgan fingerprint density at radius 3 is 2.35 bits per heavy atom. The lowest BCUT2D eigenvalue weighted by molar-refractivity contribution is 0.0853. The molecule has 114 valence electrons. The van der Waals surface area contributed by atoms with E-state index in [2.05, 4.69) is 50.0 Å². The first-order valence-electron chi connectivity index (χ1n) is 8.10. The minimum absolute atomic E-state index is 0.178. The maximum absolute atomic E-state index is 3.74. The van der Waals surface area contributed by atoms with Crippen molar-refractivity contribution in [1.29, 1.82) is 0 Å². The zero-order chi connectivity index (χ0) is 14.6. The van der Waals surface area contributed by atoms with Crippen LogP contribution in [-0.2, 0) is 0 Å². The molecule has 0 saturated carbocycles. The minimum Gasteiger partial charge on any atom is -0.308 e. The average Bonchev–Trinajstić information content (AvgIpc) is 2.68. The first kappa shape index (κ1) is 16.0. The van der Waals surface area contributed by atoms with E-state index in [1.54, 1.807) is 0 Å². The highest BCUT2D eigenvalue weighted by atomic mass is 32.1. The summed E-state index contributed by atoms with van der Waals surface area (Å²) in [5.41, 5.74) is 0.178. The van der Waals surface area contributed by atoms with Crippen molar-refractivity contribution < 1.29 is 0 Å². The van der Waals surface area contributed by atoms with Crippen molar-refractivity contribution in [3.8, 4) is 0 Å². The van der Waals surface area contributed by atoms with Gasteiger partial charge in [-0.1, -0.05) is 19.8 Å². The Labute approximate surface area is 128 Å². The van der Waals surface area contributed by atoms with E-state index in [1.807, 2.05) is 11.3 Å². The monoisotopic (exact) mass is 294 g/mol. The number of nitrogens with zero attached hydrogens (tertiary/aromatic N) is 1. The summed E-state index contributed by atoms with van der Waals surface area (Å²) in [5, 5.41) is 3.74. The summed E-state index contributed by atoms with van der Waals surface area (Å²) in [5.74, 6) is 0. The number of hydrogen-bond donors (Lipinski definition) is 1. The van der Waals surface area contributed by atoms with Gasteiger partial charge in [-0.15, -0.1) is 11.3 Å². The van der Waals surface area contributed by atoms with Crippen LogP contribution < -0.4 is 5.32 Å². The van der Waals surface area contributed by atoms with Crippen molar-refractivity contribution in [1.82, 2.24) is 10.2 Å². The highest BCUT2D eigenvalue weighted by Gasteiger charge is 2.36. The van der Waals surface area contributed by atoms with E-state index in [1.165, 1.54) is 48.5 Å². The van der Waals surface area contributed by atoms with Crippen LogP contribution in [0.5, 0.6) is 0 Å². The Bertz CT molecular complexity index is 403. The van der Waals surface area contributed by atoms with Gasteiger partial charge >= 0.3 is 0 Å². The lowest BCUT2D eigenvalue weighted by atomic mass is 9.90. The number of rotatable bonds is 5. The van der Waals surface area contributed by atoms with Crippen molar-refractivity contribution in [2.75, 3.05) is 19.6 Å². The smallest absolute Gasteiger partial charge is 0.0596 e. The molecule has 2 heterocycles. The fraction of sp³-hybridized carbons (Fsp3) is 0.765. The Hall–Kier alpha value is -0.380. The van der Waals surface area contributed by atoms with Crippen molar-refractivity contribution in [3.05, 3.63) is 21.9 Å².